The van der Waals surface area contributed by atoms with Crippen LogP contribution in [0.25, 0.3) is 0 Å². The van der Waals surface area contributed by atoms with E-state index < -0.39 is 0 Å². The maximum absolute atomic E-state index is 12.8. The van der Waals surface area contributed by atoms with Gasteiger partial charge in [-0.2, -0.15) is 0 Å². The van der Waals surface area contributed by atoms with Crippen LogP contribution < -0.4 is 5.32 Å². The molecule has 0 spiro atoms. The lowest BCUT2D eigenvalue weighted by atomic mass is 9.88. The van der Waals surface area contributed by atoms with E-state index in [1.54, 1.807) is 12.3 Å². The minimum Gasteiger partial charge on any atom is -0.367 e. The Labute approximate surface area is 153 Å². The van der Waals surface area contributed by atoms with Crippen molar-refractivity contribution in [1.82, 2.24) is 9.88 Å². The Morgan fingerprint density at radius 3 is 2.38 bits per heavy atom. The van der Waals surface area contributed by atoms with Crippen LogP contribution in [0, 0.1) is 5.92 Å². The molecule has 0 radical (unpaired) electrons. The quantitative estimate of drug-likeness (QED) is 0.841. The van der Waals surface area contributed by atoms with Crippen LogP contribution in [0.1, 0.15) is 46.4 Å². The summed E-state index contributed by atoms with van der Waals surface area (Å²) in [5.41, 5.74) is 1.43. The molecule has 0 unspecified atom stereocenters. The third-order valence-corrected chi connectivity index (χ3v) is 5.15. The highest BCUT2D eigenvalue weighted by Crippen LogP contribution is 2.25. The number of aromatic nitrogens is 1. The average Bonchev–Trinajstić information content (AvgIpc) is 3.52. The number of nitrogens with zero attached hydrogens (tertiary/aromatic N) is 2. The van der Waals surface area contributed by atoms with Crippen molar-refractivity contribution in [3.63, 3.8) is 0 Å². The number of nitrogens with one attached hydrogen (secondary N) is 1. The Balaban J connectivity index is 1.37. The maximum atomic E-state index is 12.8. The minimum atomic E-state index is 0.00554. The van der Waals surface area contributed by atoms with Crippen molar-refractivity contribution in [3.05, 3.63) is 59.8 Å². The number of benzene rings is 1. The maximum Gasteiger partial charge on any atom is 0.254 e. The summed E-state index contributed by atoms with van der Waals surface area (Å²) in [5.74, 6) is 0.993. The Kier molecular flexibility index (Phi) is 4.69. The minimum absolute atomic E-state index is 0.00554. The largest absolute Gasteiger partial charge is 0.367 e. The van der Waals surface area contributed by atoms with Gasteiger partial charge in [0.2, 0.25) is 0 Å². The number of hydrogen-bond acceptors (Lipinski definition) is 4. The number of carbonyl (C=O) groups is 2. The fraction of sp³-hybridized carbons (Fsp3) is 0.381. The number of piperidine rings is 1. The molecule has 2 heterocycles. The van der Waals surface area contributed by atoms with Gasteiger partial charge in [-0.3, -0.25) is 9.59 Å². The molecule has 0 bridgehead atoms. The number of rotatable bonds is 5. The predicted octanol–water partition coefficient (Wildman–Crippen LogP) is 3.39. The third-order valence-electron chi connectivity index (χ3n) is 5.15. The molecule has 1 aromatic carbocycles. The van der Waals surface area contributed by atoms with E-state index in [1.165, 1.54) is 12.8 Å². The second-order valence-corrected chi connectivity index (χ2v) is 7.15. The molecule has 134 valence electrons. The number of amides is 1. The number of hydrogen-bond donors (Lipinski definition) is 1. The van der Waals surface area contributed by atoms with Crippen molar-refractivity contribution in [3.8, 4) is 0 Å². The summed E-state index contributed by atoms with van der Waals surface area (Å²) in [6.07, 6.45) is 5.46. The number of pyridine rings is 1. The lowest BCUT2D eigenvalue weighted by molar-refractivity contribution is 0.0650. The summed E-state index contributed by atoms with van der Waals surface area (Å²) in [5, 5.41) is 3.33. The number of Topliss-reactive ketones (excluding diaryl/α,β-unsaturated/α-hetero) is 1. The third kappa shape index (κ3) is 3.77. The molecular formula is C21H23N3O2. The summed E-state index contributed by atoms with van der Waals surface area (Å²) in [4.78, 5) is 31.5. The Hall–Kier alpha value is -2.69. The average molecular weight is 349 g/mol. The number of likely N-dealkylation sites (tertiary alicyclic amines) is 1. The highest BCUT2D eigenvalue weighted by Gasteiger charge is 2.28. The van der Waals surface area contributed by atoms with E-state index in [1.807, 2.05) is 41.3 Å². The van der Waals surface area contributed by atoms with Crippen molar-refractivity contribution in [2.24, 2.45) is 5.92 Å². The van der Waals surface area contributed by atoms with Crippen LogP contribution in [0.15, 0.2) is 48.7 Å². The number of anilines is 1. The van der Waals surface area contributed by atoms with Crippen LogP contribution in [0.4, 0.5) is 5.82 Å². The van der Waals surface area contributed by atoms with Crippen molar-refractivity contribution < 1.29 is 9.59 Å². The SMILES string of the molecule is O=C(c1ccccc1)C1CCN(C(=O)c2ccnc(NC3CC3)c2)CC1. The smallest absolute Gasteiger partial charge is 0.254 e. The molecule has 5 nitrogen and oxygen atoms in total. The zero-order valence-electron chi connectivity index (χ0n) is 14.7. The molecule has 1 saturated carbocycles. The molecule has 2 aromatic rings. The Morgan fingerprint density at radius 2 is 1.69 bits per heavy atom. The molecule has 0 atom stereocenters. The van der Waals surface area contributed by atoms with Crippen molar-refractivity contribution >= 4 is 17.5 Å². The Morgan fingerprint density at radius 1 is 0.962 bits per heavy atom. The number of carbonyl (C=O) groups excluding carboxylic acids is 2. The fourth-order valence-corrected chi connectivity index (χ4v) is 3.44. The molecule has 1 N–H and O–H groups in total. The molecule has 5 heteroatoms. The van der Waals surface area contributed by atoms with Crippen molar-refractivity contribution in [2.45, 2.75) is 31.7 Å². The van der Waals surface area contributed by atoms with Gasteiger partial charge >= 0.3 is 0 Å². The molecular weight excluding hydrogens is 326 g/mol. The van der Waals surface area contributed by atoms with E-state index in [0.29, 0.717) is 24.7 Å². The molecule has 1 aromatic heterocycles. The van der Waals surface area contributed by atoms with Crippen LogP contribution in [0.5, 0.6) is 0 Å². The number of ketones is 1. The fourth-order valence-electron chi connectivity index (χ4n) is 3.44. The van der Waals surface area contributed by atoms with Gasteiger partial charge < -0.3 is 10.2 Å². The van der Waals surface area contributed by atoms with Gasteiger partial charge in [-0.1, -0.05) is 30.3 Å². The van der Waals surface area contributed by atoms with E-state index in [4.69, 9.17) is 0 Å². The first-order valence-electron chi connectivity index (χ1n) is 9.32. The van der Waals surface area contributed by atoms with Gasteiger partial charge in [0.25, 0.3) is 5.91 Å². The summed E-state index contributed by atoms with van der Waals surface area (Å²) in [6.45, 7) is 1.24. The van der Waals surface area contributed by atoms with E-state index in [9.17, 15) is 9.59 Å². The van der Waals surface area contributed by atoms with E-state index >= 15 is 0 Å². The van der Waals surface area contributed by atoms with Crippen molar-refractivity contribution in [1.29, 1.82) is 0 Å². The van der Waals surface area contributed by atoms with Crippen LogP contribution >= 0.6 is 0 Å². The zero-order chi connectivity index (χ0) is 17.9. The van der Waals surface area contributed by atoms with Crippen LogP contribution in [-0.2, 0) is 0 Å². The van der Waals surface area contributed by atoms with Crippen LogP contribution in [-0.4, -0.2) is 40.7 Å². The first kappa shape index (κ1) is 16.8. The second-order valence-electron chi connectivity index (χ2n) is 7.15. The molecule has 2 fully saturated rings. The molecule has 1 saturated heterocycles. The summed E-state index contributed by atoms with van der Waals surface area (Å²) in [6, 6.07) is 13.5. The summed E-state index contributed by atoms with van der Waals surface area (Å²) in [7, 11) is 0. The van der Waals surface area contributed by atoms with Gasteiger partial charge in [0.1, 0.15) is 5.82 Å². The van der Waals surface area contributed by atoms with Crippen molar-refractivity contribution in [2.75, 3.05) is 18.4 Å². The van der Waals surface area contributed by atoms with Gasteiger partial charge in [-0.05, 0) is 37.8 Å². The van der Waals surface area contributed by atoms with E-state index in [-0.39, 0.29) is 17.6 Å². The van der Waals surface area contributed by atoms with Gasteiger partial charge in [-0.25, -0.2) is 4.98 Å². The van der Waals surface area contributed by atoms with Gasteiger partial charge in [0.15, 0.2) is 5.78 Å². The second kappa shape index (κ2) is 7.28. The molecule has 1 amide bonds. The highest BCUT2D eigenvalue weighted by molar-refractivity contribution is 5.98. The van der Waals surface area contributed by atoms with Gasteiger partial charge in [0, 0.05) is 42.4 Å². The highest BCUT2D eigenvalue weighted by atomic mass is 16.2. The topological polar surface area (TPSA) is 62.3 Å². The lowest BCUT2D eigenvalue weighted by Gasteiger charge is -2.31. The molecule has 26 heavy (non-hydrogen) atoms. The normalized spacial score (nSPS) is 17.8. The van der Waals surface area contributed by atoms with Gasteiger partial charge in [0.05, 0.1) is 0 Å². The lowest BCUT2D eigenvalue weighted by Crippen LogP contribution is -2.40. The first-order valence-corrected chi connectivity index (χ1v) is 9.32. The molecule has 1 aliphatic heterocycles. The molecule has 1 aliphatic carbocycles. The Bertz CT molecular complexity index is 794. The standard InChI is InChI=1S/C21H23N3O2/c25-20(15-4-2-1-3-5-15)16-9-12-24(13-10-16)21(26)17-8-11-22-19(14-17)23-18-6-7-18/h1-5,8,11,14,16,18H,6-7,9-10,12-13H2,(H,22,23). The van der Waals surface area contributed by atoms with Gasteiger partial charge in [-0.15, -0.1) is 0 Å². The summed E-state index contributed by atoms with van der Waals surface area (Å²) >= 11 is 0. The summed E-state index contributed by atoms with van der Waals surface area (Å²) < 4.78 is 0. The van der Waals surface area contributed by atoms with E-state index in [2.05, 4.69) is 10.3 Å². The molecule has 2 aliphatic rings. The monoisotopic (exact) mass is 349 g/mol. The van der Waals surface area contributed by atoms with Crippen LogP contribution in [0.2, 0.25) is 0 Å². The van der Waals surface area contributed by atoms with Crippen LogP contribution in [0.3, 0.4) is 0 Å². The van der Waals surface area contributed by atoms with E-state index in [0.717, 1.165) is 24.2 Å². The molecule has 4 rings (SSSR count). The zero-order valence-corrected chi connectivity index (χ0v) is 14.7. The first-order chi connectivity index (χ1) is 12.7. The predicted molar refractivity (Wildman–Crippen MR) is 100 cm³/mol.